The van der Waals surface area contributed by atoms with E-state index in [1.807, 2.05) is 23.1 Å². The van der Waals surface area contributed by atoms with Crippen LogP contribution in [0.3, 0.4) is 0 Å². The van der Waals surface area contributed by atoms with E-state index in [9.17, 15) is 9.59 Å². The van der Waals surface area contributed by atoms with E-state index in [0.29, 0.717) is 39.1 Å². The molecule has 3 rings (SSSR count). The van der Waals surface area contributed by atoms with Crippen molar-refractivity contribution >= 4 is 11.8 Å². The highest BCUT2D eigenvalue weighted by atomic mass is 16.5. The second-order valence-electron chi connectivity index (χ2n) is 6.45. The summed E-state index contributed by atoms with van der Waals surface area (Å²) in [5, 5.41) is 6.24. The standard InChI is InChI=1S/C18H25N3O3/c22-17(10-16-13-24-8-6-19-16)20-11-14-3-1-4-15(9-14)12-21-7-2-5-18(21)23/h1,3-4,9,16,19H,2,5-8,10-13H2,(H,20,22). The van der Waals surface area contributed by atoms with E-state index in [1.165, 1.54) is 0 Å². The Morgan fingerprint density at radius 1 is 1.38 bits per heavy atom. The van der Waals surface area contributed by atoms with Gasteiger partial charge in [-0.3, -0.25) is 9.59 Å². The minimum Gasteiger partial charge on any atom is -0.378 e. The molecule has 0 spiro atoms. The fourth-order valence-corrected chi connectivity index (χ4v) is 3.18. The maximum Gasteiger partial charge on any atom is 0.222 e. The summed E-state index contributed by atoms with van der Waals surface area (Å²) in [4.78, 5) is 25.6. The molecule has 1 aromatic carbocycles. The van der Waals surface area contributed by atoms with Crippen molar-refractivity contribution in [3.8, 4) is 0 Å². The summed E-state index contributed by atoms with van der Waals surface area (Å²) in [5.74, 6) is 0.258. The Labute approximate surface area is 142 Å². The Hall–Kier alpha value is -1.92. The van der Waals surface area contributed by atoms with Crippen molar-refractivity contribution in [2.75, 3.05) is 26.3 Å². The van der Waals surface area contributed by atoms with Gasteiger partial charge < -0.3 is 20.3 Å². The Kier molecular flexibility index (Phi) is 5.82. The van der Waals surface area contributed by atoms with Gasteiger partial charge in [-0.05, 0) is 17.5 Å². The van der Waals surface area contributed by atoms with Crippen molar-refractivity contribution in [2.45, 2.75) is 38.4 Å². The summed E-state index contributed by atoms with van der Waals surface area (Å²) in [7, 11) is 0. The second-order valence-corrected chi connectivity index (χ2v) is 6.45. The lowest BCUT2D eigenvalue weighted by molar-refractivity contribution is -0.128. The zero-order valence-electron chi connectivity index (χ0n) is 13.9. The number of ether oxygens (including phenoxy) is 1. The lowest BCUT2D eigenvalue weighted by atomic mass is 10.1. The van der Waals surface area contributed by atoms with E-state index in [0.717, 1.165) is 30.6 Å². The van der Waals surface area contributed by atoms with Crippen LogP contribution in [0.5, 0.6) is 0 Å². The van der Waals surface area contributed by atoms with E-state index < -0.39 is 0 Å². The molecule has 1 atom stereocenters. The summed E-state index contributed by atoms with van der Waals surface area (Å²) >= 11 is 0. The van der Waals surface area contributed by atoms with Crippen molar-refractivity contribution in [3.63, 3.8) is 0 Å². The number of hydrogen-bond donors (Lipinski definition) is 2. The first-order valence-electron chi connectivity index (χ1n) is 8.64. The molecule has 0 radical (unpaired) electrons. The Morgan fingerprint density at radius 3 is 3.00 bits per heavy atom. The molecule has 0 saturated carbocycles. The van der Waals surface area contributed by atoms with Gasteiger partial charge in [-0.2, -0.15) is 0 Å². The summed E-state index contributed by atoms with van der Waals surface area (Å²) < 4.78 is 5.36. The highest BCUT2D eigenvalue weighted by Gasteiger charge is 2.20. The van der Waals surface area contributed by atoms with Gasteiger partial charge in [0, 0.05) is 45.1 Å². The third-order valence-electron chi connectivity index (χ3n) is 4.46. The maximum absolute atomic E-state index is 12.0. The van der Waals surface area contributed by atoms with E-state index in [-0.39, 0.29) is 17.9 Å². The Bertz CT molecular complexity index is 585. The third-order valence-corrected chi connectivity index (χ3v) is 4.46. The van der Waals surface area contributed by atoms with Gasteiger partial charge in [-0.15, -0.1) is 0 Å². The monoisotopic (exact) mass is 331 g/mol. The molecule has 1 aromatic rings. The van der Waals surface area contributed by atoms with Gasteiger partial charge in [0.25, 0.3) is 0 Å². The lowest BCUT2D eigenvalue weighted by Gasteiger charge is -2.23. The zero-order valence-corrected chi connectivity index (χ0v) is 13.9. The fraction of sp³-hybridized carbons (Fsp3) is 0.556. The van der Waals surface area contributed by atoms with Gasteiger partial charge in [-0.1, -0.05) is 24.3 Å². The van der Waals surface area contributed by atoms with Crippen molar-refractivity contribution in [2.24, 2.45) is 0 Å². The molecular formula is C18H25N3O3. The number of nitrogens with one attached hydrogen (secondary N) is 2. The van der Waals surface area contributed by atoms with E-state index >= 15 is 0 Å². The number of amides is 2. The van der Waals surface area contributed by atoms with Gasteiger partial charge in [0.2, 0.25) is 11.8 Å². The molecule has 2 fully saturated rings. The molecule has 6 nitrogen and oxygen atoms in total. The smallest absolute Gasteiger partial charge is 0.222 e. The van der Waals surface area contributed by atoms with Crippen LogP contribution < -0.4 is 10.6 Å². The molecule has 0 bridgehead atoms. The van der Waals surface area contributed by atoms with Gasteiger partial charge in [0.05, 0.1) is 13.2 Å². The summed E-state index contributed by atoms with van der Waals surface area (Å²) in [6.45, 7) is 4.11. The number of nitrogens with zero attached hydrogens (tertiary/aromatic N) is 1. The van der Waals surface area contributed by atoms with Crippen LogP contribution in [-0.2, 0) is 27.4 Å². The number of carbonyl (C=O) groups excluding carboxylic acids is 2. The van der Waals surface area contributed by atoms with Crippen LogP contribution in [0.2, 0.25) is 0 Å². The molecule has 6 heteroatoms. The van der Waals surface area contributed by atoms with Crippen LogP contribution in [0.4, 0.5) is 0 Å². The van der Waals surface area contributed by atoms with Gasteiger partial charge in [0.1, 0.15) is 0 Å². The largest absolute Gasteiger partial charge is 0.378 e. The molecule has 0 aromatic heterocycles. The first-order valence-corrected chi connectivity index (χ1v) is 8.64. The molecule has 2 heterocycles. The summed E-state index contributed by atoms with van der Waals surface area (Å²) in [5.41, 5.74) is 2.17. The van der Waals surface area contributed by atoms with Crippen LogP contribution in [0.25, 0.3) is 0 Å². The molecule has 24 heavy (non-hydrogen) atoms. The number of benzene rings is 1. The number of morpholine rings is 1. The van der Waals surface area contributed by atoms with E-state index in [2.05, 4.69) is 16.7 Å². The Morgan fingerprint density at radius 2 is 2.25 bits per heavy atom. The van der Waals surface area contributed by atoms with Crippen molar-refractivity contribution in [1.82, 2.24) is 15.5 Å². The summed E-state index contributed by atoms with van der Waals surface area (Å²) in [6.07, 6.45) is 2.05. The molecular weight excluding hydrogens is 306 g/mol. The van der Waals surface area contributed by atoms with Gasteiger partial charge >= 0.3 is 0 Å². The molecule has 2 amide bonds. The van der Waals surface area contributed by atoms with Crippen molar-refractivity contribution < 1.29 is 14.3 Å². The maximum atomic E-state index is 12.0. The first kappa shape index (κ1) is 16.9. The first-order chi connectivity index (χ1) is 11.7. The van der Waals surface area contributed by atoms with Gasteiger partial charge in [0.15, 0.2) is 0 Å². The van der Waals surface area contributed by atoms with E-state index in [4.69, 9.17) is 4.74 Å². The number of rotatable bonds is 6. The highest BCUT2D eigenvalue weighted by Crippen LogP contribution is 2.15. The van der Waals surface area contributed by atoms with Crippen LogP contribution in [0.1, 0.15) is 30.4 Å². The molecule has 2 aliphatic heterocycles. The second kappa shape index (κ2) is 8.26. The average Bonchev–Trinajstić information content (AvgIpc) is 2.99. The minimum absolute atomic E-state index is 0.0260. The molecule has 0 aliphatic carbocycles. The normalized spacial score (nSPS) is 21.1. The predicted molar refractivity (Wildman–Crippen MR) is 90.2 cm³/mol. The number of carbonyl (C=O) groups is 2. The van der Waals surface area contributed by atoms with E-state index in [1.54, 1.807) is 0 Å². The molecule has 2 N–H and O–H groups in total. The summed E-state index contributed by atoms with van der Waals surface area (Å²) in [6, 6.07) is 8.17. The van der Waals surface area contributed by atoms with Crippen LogP contribution in [0, 0.1) is 0 Å². The predicted octanol–water partition coefficient (Wildman–Crippen LogP) is 0.804. The zero-order chi connectivity index (χ0) is 16.8. The Balaban J connectivity index is 1.47. The fourth-order valence-electron chi connectivity index (χ4n) is 3.18. The highest BCUT2D eigenvalue weighted by molar-refractivity contribution is 5.78. The molecule has 1 unspecified atom stereocenters. The third kappa shape index (κ3) is 4.79. The minimum atomic E-state index is 0.0260. The molecule has 2 aliphatic rings. The topological polar surface area (TPSA) is 70.7 Å². The van der Waals surface area contributed by atoms with Crippen LogP contribution >= 0.6 is 0 Å². The van der Waals surface area contributed by atoms with Crippen molar-refractivity contribution in [3.05, 3.63) is 35.4 Å². The van der Waals surface area contributed by atoms with Crippen LogP contribution in [0.15, 0.2) is 24.3 Å². The SMILES string of the molecule is O=C(CC1COCCN1)NCc1cccc(CN2CCCC2=O)c1. The average molecular weight is 331 g/mol. The molecule has 130 valence electrons. The number of hydrogen-bond acceptors (Lipinski definition) is 4. The quantitative estimate of drug-likeness (QED) is 0.809. The van der Waals surface area contributed by atoms with Gasteiger partial charge in [-0.25, -0.2) is 0 Å². The number of likely N-dealkylation sites (tertiary alicyclic amines) is 1. The lowest BCUT2D eigenvalue weighted by Crippen LogP contribution is -2.44. The molecule has 2 saturated heterocycles. The van der Waals surface area contributed by atoms with Crippen molar-refractivity contribution in [1.29, 1.82) is 0 Å². The van der Waals surface area contributed by atoms with Crippen LogP contribution in [-0.4, -0.2) is 49.1 Å².